The molecule has 5 N–H and O–H groups in total. The molecule has 0 radical (unpaired) electrons. The number of carbonyl (C=O) groups is 2. The van der Waals surface area contributed by atoms with E-state index in [1.807, 2.05) is 54.6 Å². The molecular formula is C31H25N5O7S. The van der Waals surface area contributed by atoms with Gasteiger partial charge in [-0.05, 0) is 78.1 Å². The van der Waals surface area contributed by atoms with Crippen molar-refractivity contribution >= 4 is 39.0 Å². The SMILES string of the molecule is CC1=CC2=CC(S(=O)(=O)O)=CC(=O)C2=C(N=Nc2cc(C)c(ONNc3ccc(-c4ccccc4)cc3)c(C(=O)O)c2)C1=N. The maximum Gasteiger partial charge on any atom is 0.339 e. The third-order valence-corrected chi connectivity index (χ3v) is 7.57. The summed E-state index contributed by atoms with van der Waals surface area (Å²) in [6, 6.07) is 20.1. The van der Waals surface area contributed by atoms with Crippen LogP contribution in [-0.2, 0) is 14.9 Å². The van der Waals surface area contributed by atoms with Crippen molar-refractivity contribution in [2.45, 2.75) is 13.8 Å². The van der Waals surface area contributed by atoms with Gasteiger partial charge in [0, 0.05) is 6.08 Å². The minimum Gasteiger partial charge on any atom is -0.478 e. The molecule has 0 unspecified atom stereocenters. The second-order valence-electron chi connectivity index (χ2n) is 9.83. The smallest absolute Gasteiger partial charge is 0.339 e. The van der Waals surface area contributed by atoms with Crippen molar-refractivity contribution in [2.75, 3.05) is 5.43 Å². The van der Waals surface area contributed by atoms with Crippen LogP contribution in [0.25, 0.3) is 11.1 Å². The van der Waals surface area contributed by atoms with Crippen molar-refractivity contribution in [3.8, 4) is 16.9 Å². The Morgan fingerprint density at radius 3 is 2.27 bits per heavy atom. The summed E-state index contributed by atoms with van der Waals surface area (Å²) in [5, 5.41) is 26.5. The standard InChI is InChI=1S/C31H25N5O7S/c1-17-12-21-14-24(44(40,41)42)16-26(37)27(21)29(28(17)32)35-33-23-13-18(2)30(25(15-23)31(38)39)43-36-34-22-10-8-20(9-11-22)19-6-4-3-5-7-19/h3-16,32,34,36H,1-2H3,(H,38,39)(H,40,41,42). The van der Waals surface area contributed by atoms with Crippen LogP contribution in [0, 0.1) is 12.3 Å². The van der Waals surface area contributed by atoms with Gasteiger partial charge in [0.1, 0.15) is 11.3 Å². The predicted molar refractivity (Wildman–Crippen MR) is 163 cm³/mol. The number of aryl methyl sites for hydroxylation is 1. The average Bonchev–Trinajstić information content (AvgIpc) is 2.98. The number of azo groups is 1. The van der Waals surface area contributed by atoms with Gasteiger partial charge >= 0.3 is 5.97 Å². The summed E-state index contributed by atoms with van der Waals surface area (Å²) in [6.07, 6.45) is 3.28. The van der Waals surface area contributed by atoms with Crippen LogP contribution in [0.4, 0.5) is 11.4 Å². The maximum absolute atomic E-state index is 12.8. The minimum atomic E-state index is -4.64. The average molecular weight is 612 g/mol. The molecule has 3 aromatic carbocycles. The first-order valence-corrected chi connectivity index (χ1v) is 14.5. The molecule has 2 aliphatic carbocycles. The number of nitrogens with zero attached hydrogens (tertiary/aromatic N) is 2. The third kappa shape index (κ3) is 6.29. The number of allylic oxidation sites excluding steroid dienone is 6. The van der Waals surface area contributed by atoms with E-state index in [1.165, 1.54) is 18.2 Å². The highest BCUT2D eigenvalue weighted by Crippen LogP contribution is 2.35. The number of benzene rings is 3. The molecule has 0 spiro atoms. The Morgan fingerprint density at radius 1 is 0.932 bits per heavy atom. The minimum absolute atomic E-state index is 0.0200. The van der Waals surface area contributed by atoms with Crippen LogP contribution in [0.1, 0.15) is 22.8 Å². The second-order valence-corrected chi connectivity index (χ2v) is 11.3. The summed E-state index contributed by atoms with van der Waals surface area (Å²) in [5.74, 6) is -2.06. The molecule has 0 saturated heterocycles. The van der Waals surface area contributed by atoms with Crippen molar-refractivity contribution in [3.05, 3.63) is 123 Å². The molecule has 0 atom stereocenters. The lowest BCUT2D eigenvalue weighted by atomic mass is 9.86. The van der Waals surface area contributed by atoms with Crippen LogP contribution < -0.4 is 15.9 Å². The Morgan fingerprint density at radius 2 is 1.61 bits per heavy atom. The van der Waals surface area contributed by atoms with E-state index in [-0.39, 0.29) is 39.6 Å². The summed E-state index contributed by atoms with van der Waals surface area (Å²) in [4.78, 5) is 29.9. The van der Waals surface area contributed by atoms with Crippen molar-refractivity contribution in [1.29, 1.82) is 5.41 Å². The zero-order valence-electron chi connectivity index (χ0n) is 23.3. The zero-order chi connectivity index (χ0) is 31.6. The van der Waals surface area contributed by atoms with Gasteiger partial charge in [0.05, 0.1) is 27.6 Å². The highest BCUT2D eigenvalue weighted by molar-refractivity contribution is 7.90. The molecule has 0 aliphatic heterocycles. The molecule has 13 heteroatoms. The molecule has 0 saturated carbocycles. The van der Waals surface area contributed by atoms with Gasteiger partial charge in [-0.3, -0.25) is 20.2 Å². The first kappa shape index (κ1) is 30.0. The summed E-state index contributed by atoms with van der Waals surface area (Å²) in [5.41, 5.74) is 8.65. The molecule has 2 aliphatic rings. The number of hydrazine groups is 1. The number of carboxylic acids is 1. The number of ketones is 1. The fraction of sp³-hybridized carbons (Fsp3) is 0.0645. The number of rotatable bonds is 9. The highest BCUT2D eigenvalue weighted by Gasteiger charge is 2.31. The zero-order valence-corrected chi connectivity index (χ0v) is 24.1. The van der Waals surface area contributed by atoms with Crippen LogP contribution in [0.5, 0.6) is 5.75 Å². The molecule has 0 bridgehead atoms. The quantitative estimate of drug-likeness (QED) is 0.112. The Kier molecular flexibility index (Phi) is 8.18. The van der Waals surface area contributed by atoms with Gasteiger partial charge < -0.3 is 9.94 Å². The van der Waals surface area contributed by atoms with E-state index < -0.39 is 26.8 Å². The third-order valence-electron chi connectivity index (χ3n) is 6.74. The molecule has 44 heavy (non-hydrogen) atoms. The summed E-state index contributed by atoms with van der Waals surface area (Å²) in [6.45, 7) is 3.19. The summed E-state index contributed by atoms with van der Waals surface area (Å²) < 4.78 is 32.6. The van der Waals surface area contributed by atoms with Crippen LogP contribution in [0.15, 0.2) is 123 Å². The lowest BCUT2D eigenvalue weighted by molar-refractivity contribution is -0.111. The number of anilines is 1. The Hall–Kier alpha value is -5.50. The number of carbonyl (C=O) groups excluding carboxylic acids is 1. The van der Waals surface area contributed by atoms with Crippen LogP contribution in [-0.4, -0.2) is 35.5 Å². The lowest BCUT2D eigenvalue weighted by Crippen LogP contribution is -2.26. The fourth-order valence-corrected chi connectivity index (χ4v) is 5.10. The molecule has 0 fully saturated rings. The molecule has 12 nitrogen and oxygen atoms in total. The maximum atomic E-state index is 12.8. The fourth-order valence-electron chi connectivity index (χ4n) is 4.57. The van der Waals surface area contributed by atoms with E-state index in [9.17, 15) is 27.7 Å². The molecule has 0 heterocycles. The number of nitrogens with one attached hydrogen (secondary N) is 3. The second kappa shape index (κ2) is 12.0. The van der Waals surface area contributed by atoms with Gasteiger partial charge in [-0.15, -0.1) is 5.11 Å². The van der Waals surface area contributed by atoms with E-state index in [1.54, 1.807) is 13.8 Å². The van der Waals surface area contributed by atoms with Crippen LogP contribution in [0.2, 0.25) is 0 Å². The topological polar surface area (TPSA) is 191 Å². The summed E-state index contributed by atoms with van der Waals surface area (Å²) in [7, 11) is -4.64. The molecule has 222 valence electrons. The molecule has 3 aromatic rings. The van der Waals surface area contributed by atoms with E-state index in [4.69, 9.17) is 10.2 Å². The molecule has 0 aromatic heterocycles. The predicted octanol–water partition coefficient (Wildman–Crippen LogP) is 5.87. The normalized spacial score (nSPS) is 15.0. The van der Waals surface area contributed by atoms with Gasteiger partial charge in [-0.1, -0.05) is 48.1 Å². The van der Waals surface area contributed by atoms with Gasteiger partial charge in [0.15, 0.2) is 11.5 Å². The van der Waals surface area contributed by atoms with Crippen molar-refractivity contribution < 1.29 is 32.5 Å². The molecule has 5 rings (SSSR count). The number of aromatic carboxylic acids is 1. The number of fused-ring (bicyclic) bond motifs is 1. The van der Waals surface area contributed by atoms with Gasteiger partial charge in [-0.25, -0.2) is 4.79 Å². The first-order valence-electron chi connectivity index (χ1n) is 13.0. The van der Waals surface area contributed by atoms with E-state index >= 15 is 0 Å². The summed E-state index contributed by atoms with van der Waals surface area (Å²) >= 11 is 0. The number of hydrogen-bond donors (Lipinski definition) is 5. The largest absolute Gasteiger partial charge is 0.478 e. The van der Waals surface area contributed by atoms with Crippen molar-refractivity contribution in [1.82, 2.24) is 5.59 Å². The van der Waals surface area contributed by atoms with Crippen LogP contribution >= 0.6 is 0 Å². The van der Waals surface area contributed by atoms with E-state index in [0.29, 0.717) is 16.8 Å². The van der Waals surface area contributed by atoms with E-state index in [2.05, 4.69) is 21.2 Å². The Balaban J connectivity index is 1.36. The van der Waals surface area contributed by atoms with Crippen molar-refractivity contribution in [2.24, 2.45) is 10.2 Å². The number of carboxylic acid groups (broad SMARTS) is 1. The molecular weight excluding hydrogens is 586 g/mol. The highest BCUT2D eigenvalue weighted by atomic mass is 32.2. The Bertz CT molecular complexity index is 1980. The Labute approximate surface area is 252 Å². The van der Waals surface area contributed by atoms with Gasteiger partial charge in [-0.2, -0.15) is 13.5 Å². The monoisotopic (exact) mass is 611 g/mol. The van der Waals surface area contributed by atoms with Crippen LogP contribution in [0.3, 0.4) is 0 Å². The van der Waals surface area contributed by atoms with E-state index in [0.717, 1.165) is 23.3 Å². The molecule has 0 amide bonds. The van der Waals surface area contributed by atoms with Gasteiger partial charge in [0.25, 0.3) is 10.1 Å². The lowest BCUT2D eigenvalue weighted by Gasteiger charge is -2.20. The first-order chi connectivity index (χ1) is 20.9. The number of hydrogen-bond acceptors (Lipinski definition) is 10. The van der Waals surface area contributed by atoms with Gasteiger partial charge in [0.2, 0.25) is 0 Å². The van der Waals surface area contributed by atoms with Crippen molar-refractivity contribution in [3.63, 3.8) is 0 Å².